The molecule has 1 aliphatic rings. The van der Waals surface area contributed by atoms with Crippen molar-refractivity contribution < 1.29 is 14.0 Å². The van der Waals surface area contributed by atoms with Gasteiger partial charge in [0.25, 0.3) is 0 Å². The van der Waals surface area contributed by atoms with Crippen molar-refractivity contribution in [1.82, 2.24) is 10.2 Å². The van der Waals surface area contributed by atoms with Gasteiger partial charge in [0.1, 0.15) is 5.82 Å². The second kappa shape index (κ2) is 8.61. The molecule has 26 heavy (non-hydrogen) atoms. The van der Waals surface area contributed by atoms with E-state index in [0.29, 0.717) is 38.9 Å². The first-order valence-electron chi connectivity index (χ1n) is 8.95. The van der Waals surface area contributed by atoms with Crippen LogP contribution in [0.25, 0.3) is 0 Å². The molecule has 2 aromatic rings. The average Bonchev–Trinajstić information content (AvgIpc) is 2.68. The minimum Gasteiger partial charge on any atom is -0.352 e. The molecular formula is C21H23FN2O2. The third kappa shape index (κ3) is 4.91. The van der Waals surface area contributed by atoms with Crippen molar-refractivity contribution in [2.45, 2.75) is 25.8 Å². The van der Waals surface area contributed by atoms with Gasteiger partial charge in [-0.15, -0.1) is 0 Å². The highest BCUT2D eigenvalue weighted by Crippen LogP contribution is 2.18. The lowest BCUT2D eigenvalue weighted by Gasteiger charge is -2.31. The molecule has 0 spiro atoms. The highest BCUT2D eigenvalue weighted by Gasteiger charge is 2.27. The number of carbonyl (C=O) groups is 2. The molecule has 0 unspecified atom stereocenters. The average molecular weight is 354 g/mol. The third-order valence-corrected chi connectivity index (χ3v) is 4.80. The number of hydrogen-bond acceptors (Lipinski definition) is 2. The van der Waals surface area contributed by atoms with E-state index in [-0.39, 0.29) is 23.5 Å². The van der Waals surface area contributed by atoms with Crippen LogP contribution < -0.4 is 5.32 Å². The van der Waals surface area contributed by atoms with Crippen molar-refractivity contribution in [3.63, 3.8) is 0 Å². The first-order chi connectivity index (χ1) is 12.6. The Labute approximate surface area is 153 Å². The van der Waals surface area contributed by atoms with E-state index < -0.39 is 0 Å². The van der Waals surface area contributed by atoms with E-state index in [1.54, 1.807) is 12.1 Å². The molecule has 2 aromatic carbocycles. The van der Waals surface area contributed by atoms with Crippen LogP contribution in [0.4, 0.5) is 4.39 Å². The predicted octanol–water partition coefficient (Wildman–Crippen LogP) is 2.92. The number of rotatable bonds is 5. The summed E-state index contributed by atoms with van der Waals surface area (Å²) >= 11 is 0. The van der Waals surface area contributed by atoms with Crippen LogP contribution in [0.1, 0.15) is 24.0 Å². The standard InChI is InChI=1S/C21H23FN2O2/c22-19-8-6-17(7-9-19)15-23-21(26)18-10-12-24(13-11-18)20(25)14-16-4-2-1-3-5-16/h1-9,18H,10-15H2,(H,23,26). The Hall–Kier alpha value is -2.69. The van der Waals surface area contributed by atoms with Crippen LogP contribution in [0, 0.1) is 11.7 Å². The van der Waals surface area contributed by atoms with Crippen LogP contribution in [0.2, 0.25) is 0 Å². The van der Waals surface area contributed by atoms with Crippen molar-refractivity contribution in [2.75, 3.05) is 13.1 Å². The number of halogens is 1. The van der Waals surface area contributed by atoms with Crippen molar-refractivity contribution in [2.24, 2.45) is 5.92 Å². The summed E-state index contributed by atoms with van der Waals surface area (Å²) in [5, 5.41) is 2.91. The van der Waals surface area contributed by atoms with Gasteiger partial charge in [-0.25, -0.2) is 4.39 Å². The molecule has 0 bridgehead atoms. The topological polar surface area (TPSA) is 49.4 Å². The molecule has 1 aliphatic heterocycles. The first kappa shape index (κ1) is 18.1. The summed E-state index contributed by atoms with van der Waals surface area (Å²) in [5.74, 6) is -0.241. The van der Waals surface area contributed by atoms with E-state index in [1.807, 2.05) is 35.2 Å². The molecule has 1 N–H and O–H groups in total. The van der Waals surface area contributed by atoms with Gasteiger partial charge in [0.2, 0.25) is 11.8 Å². The van der Waals surface area contributed by atoms with Crippen molar-refractivity contribution >= 4 is 11.8 Å². The number of hydrogen-bond donors (Lipinski definition) is 1. The van der Waals surface area contributed by atoms with Crippen LogP contribution in [0.15, 0.2) is 54.6 Å². The molecule has 5 heteroatoms. The Kier molecular flexibility index (Phi) is 6.00. The molecule has 0 radical (unpaired) electrons. The first-order valence-corrected chi connectivity index (χ1v) is 8.95. The maximum absolute atomic E-state index is 12.9. The molecule has 4 nitrogen and oxygen atoms in total. The lowest BCUT2D eigenvalue weighted by Crippen LogP contribution is -2.43. The summed E-state index contributed by atoms with van der Waals surface area (Å²) in [6, 6.07) is 15.8. The fraction of sp³-hybridized carbons (Fsp3) is 0.333. The van der Waals surface area contributed by atoms with Crippen LogP contribution in [-0.2, 0) is 22.6 Å². The number of benzene rings is 2. The quantitative estimate of drug-likeness (QED) is 0.898. The second-order valence-electron chi connectivity index (χ2n) is 6.66. The Morgan fingerprint density at radius 1 is 0.962 bits per heavy atom. The second-order valence-corrected chi connectivity index (χ2v) is 6.66. The van der Waals surface area contributed by atoms with Gasteiger partial charge in [-0.3, -0.25) is 9.59 Å². The molecule has 0 saturated carbocycles. The predicted molar refractivity (Wildman–Crippen MR) is 97.7 cm³/mol. The van der Waals surface area contributed by atoms with Gasteiger partial charge in [0.15, 0.2) is 0 Å². The van der Waals surface area contributed by atoms with E-state index >= 15 is 0 Å². The number of carbonyl (C=O) groups excluding carboxylic acids is 2. The summed E-state index contributed by atoms with van der Waals surface area (Å²) in [6.45, 7) is 1.62. The number of nitrogens with zero attached hydrogens (tertiary/aromatic N) is 1. The van der Waals surface area contributed by atoms with E-state index in [4.69, 9.17) is 0 Å². The number of amides is 2. The zero-order valence-corrected chi connectivity index (χ0v) is 14.7. The number of likely N-dealkylation sites (tertiary alicyclic amines) is 1. The Balaban J connectivity index is 1.43. The zero-order valence-electron chi connectivity index (χ0n) is 14.7. The van der Waals surface area contributed by atoms with Gasteiger partial charge >= 0.3 is 0 Å². The highest BCUT2D eigenvalue weighted by atomic mass is 19.1. The molecule has 0 aliphatic carbocycles. The molecule has 2 amide bonds. The monoisotopic (exact) mass is 354 g/mol. The summed E-state index contributed by atoms with van der Waals surface area (Å²) in [6.07, 6.45) is 1.76. The van der Waals surface area contributed by atoms with E-state index in [2.05, 4.69) is 5.32 Å². The minimum absolute atomic E-state index is 0.00415. The fourth-order valence-corrected chi connectivity index (χ4v) is 3.21. The van der Waals surface area contributed by atoms with Gasteiger partial charge in [-0.05, 0) is 36.1 Å². The molecule has 3 rings (SSSR count). The Morgan fingerprint density at radius 2 is 1.62 bits per heavy atom. The van der Waals surface area contributed by atoms with Crippen molar-refractivity contribution in [3.8, 4) is 0 Å². The number of piperidine rings is 1. The lowest BCUT2D eigenvalue weighted by atomic mass is 9.95. The largest absolute Gasteiger partial charge is 0.352 e. The third-order valence-electron chi connectivity index (χ3n) is 4.80. The molecule has 0 atom stereocenters. The maximum atomic E-state index is 12.9. The summed E-state index contributed by atoms with van der Waals surface area (Å²) in [5.41, 5.74) is 1.88. The molecule has 136 valence electrons. The minimum atomic E-state index is -0.285. The smallest absolute Gasteiger partial charge is 0.226 e. The van der Waals surface area contributed by atoms with Gasteiger partial charge in [0, 0.05) is 25.6 Å². The molecule has 1 heterocycles. The molecule has 0 aromatic heterocycles. The van der Waals surface area contributed by atoms with E-state index in [0.717, 1.165) is 11.1 Å². The molecule has 1 fully saturated rings. The SMILES string of the molecule is O=C(NCc1ccc(F)cc1)C1CCN(C(=O)Cc2ccccc2)CC1. The maximum Gasteiger partial charge on any atom is 0.226 e. The summed E-state index contributed by atoms with van der Waals surface area (Å²) in [4.78, 5) is 26.5. The van der Waals surface area contributed by atoms with Gasteiger partial charge in [0.05, 0.1) is 6.42 Å². The fourth-order valence-electron chi connectivity index (χ4n) is 3.21. The lowest BCUT2D eigenvalue weighted by molar-refractivity contribution is -0.135. The Bertz CT molecular complexity index is 738. The van der Waals surface area contributed by atoms with Crippen molar-refractivity contribution in [1.29, 1.82) is 0 Å². The summed E-state index contributed by atoms with van der Waals surface area (Å²) in [7, 11) is 0. The van der Waals surface area contributed by atoms with E-state index in [9.17, 15) is 14.0 Å². The Morgan fingerprint density at radius 3 is 2.27 bits per heavy atom. The molecular weight excluding hydrogens is 331 g/mol. The van der Waals surface area contributed by atoms with Crippen LogP contribution >= 0.6 is 0 Å². The van der Waals surface area contributed by atoms with Gasteiger partial charge in [-0.2, -0.15) is 0 Å². The van der Waals surface area contributed by atoms with Crippen LogP contribution in [0.3, 0.4) is 0 Å². The summed E-state index contributed by atoms with van der Waals surface area (Å²) < 4.78 is 12.9. The van der Waals surface area contributed by atoms with Crippen molar-refractivity contribution in [3.05, 3.63) is 71.5 Å². The zero-order chi connectivity index (χ0) is 18.4. The van der Waals surface area contributed by atoms with Crippen LogP contribution in [0.5, 0.6) is 0 Å². The normalized spacial score (nSPS) is 14.9. The van der Waals surface area contributed by atoms with Crippen LogP contribution in [-0.4, -0.2) is 29.8 Å². The number of nitrogens with one attached hydrogen (secondary N) is 1. The van der Waals surface area contributed by atoms with Gasteiger partial charge in [-0.1, -0.05) is 42.5 Å². The van der Waals surface area contributed by atoms with E-state index in [1.165, 1.54) is 12.1 Å². The molecule has 1 saturated heterocycles. The van der Waals surface area contributed by atoms with Gasteiger partial charge < -0.3 is 10.2 Å². The highest BCUT2D eigenvalue weighted by molar-refractivity contribution is 5.81.